The molecule has 3 rings (SSSR count). The third-order valence-electron chi connectivity index (χ3n) is 4.13. The Hall–Kier alpha value is -0.890. The van der Waals surface area contributed by atoms with E-state index in [2.05, 4.69) is 5.32 Å². The fourth-order valence-corrected chi connectivity index (χ4v) is 3.13. The quantitative estimate of drug-likeness (QED) is 0.804. The molecule has 0 aliphatic heterocycles. The molecule has 2 aliphatic rings. The van der Waals surface area contributed by atoms with E-state index in [9.17, 15) is 4.39 Å². The minimum atomic E-state index is -0.101. The Bertz CT molecular complexity index is 398. The van der Waals surface area contributed by atoms with Crippen LogP contribution in [0.3, 0.4) is 0 Å². The first kappa shape index (κ1) is 10.3. The van der Waals surface area contributed by atoms with E-state index in [4.69, 9.17) is 0 Å². The van der Waals surface area contributed by atoms with Gasteiger partial charge in [0.1, 0.15) is 5.82 Å². The molecule has 2 atom stereocenters. The van der Waals surface area contributed by atoms with Crippen molar-refractivity contribution in [1.29, 1.82) is 0 Å². The second-order valence-electron chi connectivity index (χ2n) is 5.14. The zero-order chi connectivity index (χ0) is 11.1. The standard InChI is InChI=1S/C14H18FN/c1-16-14-7-6-11(9-2-3-9)12-5-4-10(15)8-13(12)14/h4-5,8-9,11,14,16H,2-3,6-7H2,1H3. The first-order chi connectivity index (χ1) is 7.79. The van der Waals surface area contributed by atoms with Gasteiger partial charge in [-0.15, -0.1) is 0 Å². The Morgan fingerprint density at radius 1 is 1.12 bits per heavy atom. The maximum atomic E-state index is 13.3. The van der Waals surface area contributed by atoms with Gasteiger partial charge >= 0.3 is 0 Å². The van der Waals surface area contributed by atoms with Gasteiger partial charge in [-0.05, 0) is 67.8 Å². The lowest BCUT2D eigenvalue weighted by Crippen LogP contribution is -2.24. The van der Waals surface area contributed by atoms with Gasteiger partial charge in [0.25, 0.3) is 0 Å². The van der Waals surface area contributed by atoms with Gasteiger partial charge < -0.3 is 5.32 Å². The van der Waals surface area contributed by atoms with Crippen LogP contribution in [0.25, 0.3) is 0 Å². The van der Waals surface area contributed by atoms with Gasteiger partial charge in [0.2, 0.25) is 0 Å². The van der Waals surface area contributed by atoms with Crippen molar-refractivity contribution in [3.63, 3.8) is 0 Å². The predicted molar refractivity (Wildman–Crippen MR) is 62.9 cm³/mol. The summed E-state index contributed by atoms with van der Waals surface area (Å²) in [7, 11) is 1.97. The van der Waals surface area contributed by atoms with E-state index < -0.39 is 0 Å². The fraction of sp³-hybridized carbons (Fsp3) is 0.571. The van der Waals surface area contributed by atoms with Crippen LogP contribution in [0.2, 0.25) is 0 Å². The zero-order valence-corrected chi connectivity index (χ0v) is 9.67. The Labute approximate surface area is 96.1 Å². The van der Waals surface area contributed by atoms with Crippen LogP contribution in [0.15, 0.2) is 18.2 Å². The zero-order valence-electron chi connectivity index (χ0n) is 9.67. The number of hydrogen-bond acceptors (Lipinski definition) is 1. The van der Waals surface area contributed by atoms with E-state index >= 15 is 0 Å². The monoisotopic (exact) mass is 219 g/mol. The summed E-state index contributed by atoms with van der Waals surface area (Å²) in [6.07, 6.45) is 5.14. The summed E-state index contributed by atoms with van der Waals surface area (Å²) in [5.41, 5.74) is 2.60. The summed E-state index contributed by atoms with van der Waals surface area (Å²) in [5, 5.41) is 3.30. The smallest absolute Gasteiger partial charge is 0.123 e. The topological polar surface area (TPSA) is 12.0 Å². The number of halogens is 1. The lowest BCUT2D eigenvalue weighted by Gasteiger charge is -2.31. The van der Waals surface area contributed by atoms with Crippen LogP contribution in [0.4, 0.5) is 4.39 Å². The van der Waals surface area contributed by atoms with Gasteiger partial charge in [-0.3, -0.25) is 0 Å². The van der Waals surface area contributed by atoms with Gasteiger partial charge in [-0.2, -0.15) is 0 Å². The average Bonchev–Trinajstić information content (AvgIpc) is 3.11. The number of rotatable bonds is 2. The van der Waals surface area contributed by atoms with Crippen molar-refractivity contribution in [3.05, 3.63) is 35.1 Å². The number of hydrogen-bond donors (Lipinski definition) is 1. The fourth-order valence-electron chi connectivity index (χ4n) is 3.13. The minimum absolute atomic E-state index is 0.101. The van der Waals surface area contributed by atoms with E-state index in [1.807, 2.05) is 13.1 Å². The summed E-state index contributed by atoms with van der Waals surface area (Å²) in [4.78, 5) is 0. The van der Waals surface area contributed by atoms with Crippen molar-refractivity contribution in [2.45, 2.75) is 37.6 Å². The maximum Gasteiger partial charge on any atom is 0.123 e. The molecule has 86 valence electrons. The molecule has 2 aliphatic carbocycles. The molecule has 2 heteroatoms. The van der Waals surface area contributed by atoms with Crippen LogP contribution in [0, 0.1) is 11.7 Å². The molecule has 1 N–H and O–H groups in total. The number of fused-ring (bicyclic) bond motifs is 1. The second-order valence-corrected chi connectivity index (χ2v) is 5.14. The highest BCUT2D eigenvalue weighted by molar-refractivity contribution is 5.37. The van der Waals surface area contributed by atoms with Crippen molar-refractivity contribution < 1.29 is 4.39 Å². The number of benzene rings is 1. The summed E-state index contributed by atoms with van der Waals surface area (Å²) in [6.45, 7) is 0. The van der Waals surface area contributed by atoms with Crippen molar-refractivity contribution in [3.8, 4) is 0 Å². The molecule has 0 saturated heterocycles. The third-order valence-corrected chi connectivity index (χ3v) is 4.13. The van der Waals surface area contributed by atoms with Crippen LogP contribution in [0.5, 0.6) is 0 Å². The summed E-state index contributed by atoms with van der Waals surface area (Å²) >= 11 is 0. The van der Waals surface area contributed by atoms with Crippen LogP contribution in [0.1, 0.15) is 48.8 Å². The largest absolute Gasteiger partial charge is 0.313 e. The number of nitrogens with one attached hydrogen (secondary N) is 1. The van der Waals surface area contributed by atoms with Gasteiger partial charge in [0.15, 0.2) is 0 Å². The molecule has 1 nitrogen and oxygen atoms in total. The molecule has 16 heavy (non-hydrogen) atoms. The molecule has 0 amide bonds. The van der Waals surface area contributed by atoms with Crippen LogP contribution < -0.4 is 5.32 Å². The highest BCUT2D eigenvalue weighted by Gasteiger charge is 2.37. The van der Waals surface area contributed by atoms with E-state index in [0.29, 0.717) is 12.0 Å². The molecule has 1 fully saturated rings. The van der Waals surface area contributed by atoms with E-state index in [1.54, 1.807) is 12.1 Å². The van der Waals surface area contributed by atoms with Gasteiger partial charge in [0, 0.05) is 6.04 Å². The first-order valence-corrected chi connectivity index (χ1v) is 6.26. The molecule has 0 aromatic heterocycles. The van der Waals surface area contributed by atoms with Gasteiger partial charge in [-0.25, -0.2) is 4.39 Å². The average molecular weight is 219 g/mol. The second kappa shape index (κ2) is 3.85. The van der Waals surface area contributed by atoms with Crippen LogP contribution in [-0.4, -0.2) is 7.05 Å². The molecule has 0 heterocycles. The summed E-state index contributed by atoms with van der Waals surface area (Å²) < 4.78 is 13.3. The van der Waals surface area contributed by atoms with Crippen molar-refractivity contribution in [2.24, 2.45) is 5.92 Å². The normalized spacial score (nSPS) is 28.9. The lowest BCUT2D eigenvalue weighted by molar-refractivity contribution is 0.418. The van der Waals surface area contributed by atoms with Crippen molar-refractivity contribution in [1.82, 2.24) is 5.32 Å². The van der Waals surface area contributed by atoms with Crippen LogP contribution in [-0.2, 0) is 0 Å². The Morgan fingerprint density at radius 3 is 2.62 bits per heavy atom. The predicted octanol–water partition coefficient (Wildman–Crippen LogP) is 3.37. The van der Waals surface area contributed by atoms with E-state index in [0.717, 1.165) is 12.3 Å². The minimum Gasteiger partial charge on any atom is -0.313 e. The molecule has 1 aromatic rings. The maximum absolute atomic E-state index is 13.3. The summed E-state index contributed by atoms with van der Waals surface area (Å²) in [6, 6.07) is 5.70. The Kier molecular flexibility index (Phi) is 2.47. The molecule has 0 bridgehead atoms. The molecule has 0 spiro atoms. The highest BCUT2D eigenvalue weighted by atomic mass is 19.1. The van der Waals surface area contributed by atoms with Crippen molar-refractivity contribution >= 4 is 0 Å². The third kappa shape index (κ3) is 1.65. The molecular formula is C14H18FN. The van der Waals surface area contributed by atoms with E-state index in [1.165, 1.54) is 30.4 Å². The molecule has 1 aromatic carbocycles. The first-order valence-electron chi connectivity index (χ1n) is 6.26. The van der Waals surface area contributed by atoms with E-state index in [-0.39, 0.29) is 5.82 Å². The molecule has 0 radical (unpaired) electrons. The van der Waals surface area contributed by atoms with Gasteiger partial charge in [0.05, 0.1) is 0 Å². The van der Waals surface area contributed by atoms with Gasteiger partial charge in [-0.1, -0.05) is 6.07 Å². The van der Waals surface area contributed by atoms with Crippen molar-refractivity contribution in [2.75, 3.05) is 7.05 Å². The Morgan fingerprint density at radius 2 is 1.94 bits per heavy atom. The molecular weight excluding hydrogens is 201 g/mol. The van der Waals surface area contributed by atoms with Crippen LogP contribution >= 0.6 is 0 Å². The lowest BCUT2D eigenvalue weighted by atomic mass is 9.77. The molecule has 2 unspecified atom stereocenters. The Balaban J connectivity index is 2.02. The SMILES string of the molecule is CNC1CCC(C2CC2)c2ccc(F)cc21. The highest BCUT2D eigenvalue weighted by Crippen LogP contribution is 2.50. The molecule has 1 saturated carbocycles. The summed E-state index contributed by atoms with van der Waals surface area (Å²) in [5.74, 6) is 1.47.